The Hall–Kier alpha value is -1.63. The minimum absolute atomic E-state index is 0.109. The van der Waals surface area contributed by atoms with Gasteiger partial charge >= 0.3 is 0 Å². The number of nitrogens with zero attached hydrogens (tertiary/aromatic N) is 5. The molecular formula is C16H24BrN5O. The molecule has 0 spiro atoms. The Morgan fingerprint density at radius 1 is 1.26 bits per heavy atom. The highest BCUT2D eigenvalue weighted by atomic mass is 79.9. The summed E-state index contributed by atoms with van der Waals surface area (Å²) in [5.41, 5.74) is 4.20. The summed E-state index contributed by atoms with van der Waals surface area (Å²) >= 11 is 3.43. The average molecular weight is 382 g/mol. The van der Waals surface area contributed by atoms with Crippen LogP contribution in [0, 0.1) is 20.8 Å². The molecule has 2 heterocycles. The van der Waals surface area contributed by atoms with Crippen molar-refractivity contribution in [3.05, 3.63) is 33.3 Å². The lowest BCUT2D eigenvalue weighted by atomic mass is 10.2. The van der Waals surface area contributed by atoms with E-state index in [1.165, 1.54) is 0 Å². The molecule has 0 fully saturated rings. The van der Waals surface area contributed by atoms with Crippen LogP contribution in [0.4, 0.5) is 0 Å². The lowest BCUT2D eigenvalue weighted by Gasteiger charge is -2.17. The van der Waals surface area contributed by atoms with E-state index < -0.39 is 0 Å². The van der Waals surface area contributed by atoms with E-state index in [0.29, 0.717) is 19.5 Å². The summed E-state index contributed by atoms with van der Waals surface area (Å²) in [5, 5.41) is 8.86. The minimum atomic E-state index is 0.109. The first-order chi connectivity index (χ1) is 10.8. The van der Waals surface area contributed by atoms with Gasteiger partial charge in [0.25, 0.3) is 0 Å². The molecule has 0 saturated heterocycles. The third kappa shape index (κ3) is 4.02. The van der Waals surface area contributed by atoms with Crippen molar-refractivity contribution >= 4 is 21.8 Å². The highest BCUT2D eigenvalue weighted by Crippen LogP contribution is 2.16. The van der Waals surface area contributed by atoms with Crippen molar-refractivity contribution in [1.29, 1.82) is 0 Å². The lowest BCUT2D eigenvalue weighted by Crippen LogP contribution is -2.27. The maximum Gasteiger partial charge on any atom is 0.224 e. The van der Waals surface area contributed by atoms with E-state index in [1.807, 2.05) is 31.8 Å². The van der Waals surface area contributed by atoms with Crippen molar-refractivity contribution in [2.75, 3.05) is 7.05 Å². The number of amides is 1. The zero-order valence-corrected chi connectivity index (χ0v) is 16.0. The van der Waals surface area contributed by atoms with E-state index >= 15 is 0 Å². The first-order valence-electron chi connectivity index (χ1n) is 7.79. The van der Waals surface area contributed by atoms with Crippen LogP contribution in [-0.4, -0.2) is 37.4 Å². The molecule has 126 valence electrons. The normalized spacial score (nSPS) is 11.0. The predicted octanol–water partition coefficient (Wildman–Crippen LogP) is 2.84. The summed E-state index contributed by atoms with van der Waals surface area (Å²) in [4.78, 5) is 14.1. The van der Waals surface area contributed by atoms with E-state index in [0.717, 1.165) is 33.7 Å². The van der Waals surface area contributed by atoms with Gasteiger partial charge in [-0.15, -0.1) is 0 Å². The predicted molar refractivity (Wildman–Crippen MR) is 93.1 cm³/mol. The third-order valence-electron chi connectivity index (χ3n) is 4.09. The number of aryl methyl sites for hydroxylation is 4. The summed E-state index contributed by atoms with van der Waals surface area (Å²) in [5.74, 6) is 0.109. The molecule has 0 aliphatic heterocycles. The molecule has 0 saturated carbocycles. The van der Waals surface area contributed by atoms with E-state index in [9.17, 15) is 4.79 Å². The van der Waals surface area contributed by atoms with Gasteiger partial charge in [0, 0.05) is 50.6 Å². The summed E-state index contributed by atoms with van der Waals surface area (Å²) in [7, 11) is 1.84. The number of aromatic nitrogens is 4. The van der Waals surface area contributed by atoms with Crippen LogP contribution in [0.3, 0.4) is 0 Å². The number of carbonyl (C=O) groups excluding carboxylic acids is 1. The van der Waals surface area contributed by atoms with Gasteiger partial charge in [0.05, 0.1) is 15.9 Å². The monoisotopic (exact) mass is 381 g/mol. The molecule has 23 heavy (non-hydrogen) atoms. The molecule has 2 aromatic heterocycles. The van der Waals surface area contributed by atoms with Gasteiger partial charge in [-0.1, -0.05) is 0 Å². The largest absolute Gasteiger partial charge is 0.341 e. The van der Waals surface area contributed by atoms with Crippen molar-refractivity contribution in [2.45, 2.75) is 53.8 Å². The van der Waals surface area contributed by atoms with Gasteiger partial charge in [0.2, 0.25) is 5.91 Å². The summed E-state index contributed by atoms with van der Waals surface area (Å²) < 4.78 is 4.75. The van der Waals surface area contributed by atoms with Crippen LogP contribution in [0.15, 0.2) is 10.7 Å². The van der Waals surface area contributed by atoms with Gasteiger partial charge in [-0.3, -0.25) is 14.2 Å². The van der Waals surface area contributed by atoms with Crippen LogP contribution in [0.1, 0.15) is 36.0 Å². The van der Waals surface area contributed by atoms with Crippen LogP contribution in [0.2, 0.25) is 0 Å². The molecular weight excluding hydrogens is 358 g/mol. The third-order valence-corrected chi connectivity index (χ3v) is 4.87. The SMILES string of the molecule is CCn1nc(C)c(CN(C)C(=O)CCn2cc(Br)c(C)n2)c1C. The second-order valence-corrected chi connectivity index (χ2v) is 6.64. The van der Waals surface area contributed by atoms with Gasteiger partial charge in [-0.25, -0.2) is 0 Å². The minimum Gasteiger partial charge on any atom is -0.341 e. The Balaban J connectivity index is 1.96. The molecule has 0 atom stereocenters. The lowest BCUT2D eigenvalue weighted by molar-refractivity contribution is -0.130. The molecule has 0 aliphatic rings. The maximum absolute atomic E-state index is 12.4. The molecule has 1 amide bonds. The maximum atomic E-state index is 12.4. The number of hydrogen-bond donors (Lipinski definition) is 0. The molecule has 0 radical (unpaired) electrons. The average Bonchev–Trinajstić information content (AvgIpc) is 2.97. The fourth-order valence-corrected chi connectivity index (χ4v) is 2.92. The molecule has 0 N–H and O–H groups in total. The fourth-order valence-electron chi connectivity index (χ4n) is 2.61. The number of halogens is 1. The molecule has 0 aromatic carbocycles. The number of hydrogen-bond acceptors (Lipinski definition) is 3. The second-order valence-electron chi connectivity index (χ2n) is 5.79. The zero-order chi connectivity index (χ0) is 17.1. The van der Waals surface area contributed by atoms with Crippen LogP contribution < -0.4 is 0 Å². The van der Waals surface area contributed by atoms with E-state index in [2.05, 4.69) is 40.0 Å². The summed E-state index contributed by atoms with van der Waals surface area (Å²) in [6, 6.07) is 0. The molecule has 2 rings (SSSR count). The van der Waals surface area contributed by atoms with E-state index in [1.54, 1.807) is 9.58 Å². The van der Waals surface area contributed by atoms with Crippen molar-refractivity contribution in [3.8, 4) is 0 Å². The van der Waals surface area contributed by atoms with Gasteiger partial charge in [0.1, 0.15) is 0 Å². The fraction of sp³-hybridized carbons (Fsp3) is 0.562. The number of rotatable bonds is 6. The highest BCUT2D eigenvalue weighted by Gasteiger charge is 2.16. The van der Waals surface area contributed by atoms with Crippen LogP contribution in [-0.2, 0) is 24.4 Å². The van der Waals surface area contributed by atoms with Gasteiger partial charge < -0.3 is 4.90 Å². The summed E-state index contributed by atoms with van der Waals surface area (Å²) in [6.45, 7) is 10.1. The molecule has 2 aromatic rings. The first-order valence-corrected chi connectivity index (χ1v) is 8.59. The Morgan fingerprint density at radius 3 is 2.48 bits per heavy atom. The smallest absolute Gasteiger partial charge is 0.224 e. The second kappa shape index (κ2) is 7.29. The van der Waals surface area contributed by atoms with Gasteiger partial charge in [0.15, 0.2) is 0 Å². The zero-order valence-electron chi connectivity index (χ0n) is 14.4. The Kier molecular flexibility index (Phi) is 5.62. The van der Waals surface area contributed by atoms with E-state index in [4.69, 9.17) is 0 Å². The quantitative estimate of drug-likeness (QED) is 0.772. The van der Waals surface area contributed by atoms with Gasteiger partial charge in [-0.05, 0) is 43.6 Å². The summed E-state index contributed by atoms with van der Waals surface area (Å²) in [6.07, 6.45) is 2.34. The van der Waals surface area contributed by atoms with Gasteiger partial charge in [-0.2, -0.15) is 10.2 Å². The highest BCUT2D eigenvalue weighted by molar-refractivity contribution is 9.10. The Labute approximate surface area is 145 Å². The Morgan fingerprint density at radius 2 is 1.96 bits per heavy atom. The topological polar surface area (TPSA) is 56.0 Å². The number of carbonyl (C=O) groups is 1. The standard InChI is InChI=1S/C16H24BrN5O/c1-6-22-13(4)14(11(2)19-22)9-20(5)16(23)7-8-21-10-15(17)12(3)18-21/h10H,6-9H2,1-5H3. The van der Waals surface area contributed by atoms with E-state index in [-0.39, 0.29) is 5.91 Å². The molecule has 0 unspecified atom stereocenters. The van der Waals surface area contributed by atoms with Crippen molar-refractivity contribution in [3.63, 3.8) is 0 Å². The van der Waals surface area contributed by atoms with Crippen molar-refractivity contribution < 1.29 is 4.79 Å². The molecule has 0 aliphatic carbocycles. The van der Waals surface area contributed by atoms with Crippen LogP contribution in [0.25, 0.3) is 0 Å². The van der Waals surface area contributed by atoms with Crippen molar-refractivity contribution in [1.82, 2.24) is 24.5 Å². The van der Waals surface area contributed by atoms with Crippen LogP contribution in [0.5, 0.6) is 0 Å². The van der Waals surface area contributed by atoms with Crippen molar-refractivity contribution in [2.24, 2.45) is 0 Å². The Bertz CT molecular complexity index is 684. The molecule has 6 nitrogen and oxygen atoms in total. The first kappa shape index (κ1) is 17.7. The molecule has 7 heteroatoms. The van der Waals surface area contributed by atoms with Crippen LogP contribution >= 0.6 is 15.9 Å². The molecule has 0 bridgehead atoms.